The van der Waals surface area contributed by atoms with Crippen molar-refractivity contribution in [3.05, 3.63) is 43.7 Å². The number of pyridine rings is 1. The number of piperazine rings is 1. The molecule has 0 radical (unpaired) electrons. The average molecular weight is 472 g/mol. The summed E-state index contributed by atoms with van der Waals surface area (Å²) in [5.74, 6) is -3.01. The van der Waals surface area contributed by atoms with E-state index < -0.39 is 51.0 Å². The van der Waals surface area contributed by atoms with Crippen molar-refractivity contribution >= 4 is 40.5 Å². The minimum atomic E-state index is -1.09. The maximum atomic E-state index is 15.8. The van der Waals surface area contributed by atoms with E-state index in [1.54, 1.807) is 4.90 Å². The Balaban J connectivity index is 0.00000289. The third-order valence-electron chi connectivity index (χ3n) is 5.75. The predicted molar refractivity (Wildman–Crippen MR) is 119 cm³/mol. The number of rotatable bonds is 5. The number of hydrogen-bond donors (Lipinski definition) is 2. The lowest BCUT2D eigenvalue weighted by molar-refractivity contribution is -0.465. The molecule has 2 aliphatic rings. The van der Waals surface area contributed by atoms with E-state index >= 15 is 8.78 Å². The number of nitrogens with zero attached hydrogens (tertiary/aromatic N) is 3. The highest BCUT2D eigenvalue weighted by molar-refractivity contribution is 6.03. The van der Waals surface area contributed by atoms with Gasteiger partial charge < -0.3 is 20.5 Å². The second kappa shape index (κ2) is 8.62. The van der Waals surface area contributed by atoms with Gasteiger partial charge in [-0.3, -0.25) is 19.7 Å². The Morgan fingerprint density at radius 1 is 1.25 bits per heavy atom. The highest BCUT2D eigenvalue weighted by Gasteiger charge is 2.34. The van der Waals surface area contributed by atoms with Gasteiger partial charge in [-0.25, -0.2) is 8.78 Å². The SMILES string of the molecule is C[C@@H]1CN(c2c(F)c(N)c3c(=O)c(C(=O)C[N+](=O)[O-])cn(C4CC4)c3c2F)C[C@H](C)N1.Cl. The smallest absolute Gasteiger partial charge is 0.266 e. The molecule has 1 aromatic heterocycles. The molecule has 1 saturated carbocycles. The third kappa shape index (κ3) is 4.02. The molecule has 32 heavy (non-hydrogen) atoms. The van der Waals surface area contributed by atoms with Crippen molar-refractivity contribution in [2.24, 2.45) is 0 Å². The van der Waals surface area contributed by atoms with Crippen LogP contribution in [0.2, 0.25) is 0 Å². The molecule has 0 spiro atoms. The monoisotopic (exact) mass is 471 g/mol. The van der Waals surface area contributed by atoms with Crippen LogP contribution in [0.5, 0.6) is 0 Å². The topological polar surface area (TPSA) is 124 Å². The first kappa shape index (κ1) is 23.9. The summed E-state index contributed by atoms with van der Waals surface area (Å²) in [6.07, 6.45) is 2.50. The summed E-state index contributed by atoms with van der Waals surface area (Å²) in [5.41, 5.74) is 3.47. The summed E-state index contributed by atoms with van der Waals surface area (Å²) in [4.78, 5) is 36.7. The lowest BCUT2D eigenvalue weighted by atomic mass is 10.0. The molecule has 2 aromatic rings. The molecule has 0 bridgehead atoms. The molecular weight excluding hydrogens is 448 g/mol. The fourth-order valence-corrected chi connectivity index (χ4v) is 4.38. The second-order valence-corrected chi connectivity index (χ2v) is 8.41. The number of ketones is 1. The van der Waals surface area contributed by atoms with Gasteiger partial charge in [-0.1, -0.05) is 0 Å². The number of Topliss-reactive ketones (excluding diaryl/α,β-unsaturated/α-hetero) is 1. The average Bonchev–Trinajstić information content (AvgIpc) is 3.49. The molecule has 1 saturated heterocycles. The van der Waals surface area contributed by atoms with Gasteiger partial charge in [0, 0.05) is 42.3 Å². The largest absolute Gasteiger partial charge is 0.396 e. The van der Waals surface area contributed by atoms with Crippen LogP contribution in [0.1, 0.15) is 43.1 Å². The van der Waals surface area contributed by atoms with Crippen molar-refractivity contribution in [2.75, 3.05) is 30.3 Å². The maximum Gasteiger partial charge on any atom is 0.266 e. The van der Waals surface area contributed by atoms with Crippen molar-refractivity contribution in [2.45, 2.75) is 44.8 Å². The van der Waals surface area contributed by atoms with Crippen LogP contribution in [0, 0.1) is 21.7 Å². The molecule has 1 aliphatic heterocycles. The van der Waals surface area contributed by atoms with Gasteiger partial charge in [0.25, 0.3) is 6.54 Å². The van der Waals surface area contributed by atoms with Crippen molar-refractivity contribution in [3.8, 4) is 0 Å². The minimum Gasteiger partial charge on any atom is -0.396 e. The molecule has 0 amide bonds. The van der Waals surface area contributed by atoms with Crippen LogP contribution in [0.15, 0.2) is 11.0 Å². The summed E-state index contributed by atoms with van der Waals surface area (Å²) < 4.78 is 32.6. The van der Waals surface area contributed by atoms with Crippen LogP contribution < -0.4 is 21.4 Å². The number of fused-ring (bicyclic) bond motifs is 1. The van der Waals surface area contributed by atoms with E-state index in [4.69, 9.17) is 5.73 Å². The first-order chi connectivity index (χ1) is 14.6. The molecule has 3 N–H and O–H groups in total. The zero-order chi connectivity index (χ0) is 22.6. The van der Waals surface area contributed by atoms with Gasteiger partial charge in [0.1, 0.15) is 5.69 Å². The molecule has 1 aliphatic carbocycles. The van der Waals surface area contributed by atoms with Crippen molar-refractivity contribution in [3.63, 3.8) is 0 Å². The minimum absolute atomic E-state index is 0. The van der Waals surface area contributed by atoms with Gasteiger partial charge in [0.05, 0.1) is 22.2 Å². The molecular formula is C20H24ClF2N5O4. The van der Waals surface area contributed by atoms with E-state index in [1.165, 1.54) is 4.57 Å². The third-order valence-corrected chi connectivity index (χ3v) is 5.75. The van der Waals surface area contributed by atoms with Crippen molar-refractivity contribution in [1.82, 2.24) is 9.88 Å². The summed E-state index contributed by atoms with van der Waals surface area (Å²) in [5, 5.41) is 13.6. The van der Waals surface area contributed by atoms with Gasteiger partial charge in [0.2, 0.25) is 11.2 Å². The normalized spacial score (nSPS) is 20.8. The number of hydrogen-bond acceptors (Lipinski definition) is 7. The van der Waals surface area contributed by atoms with Crippen molar-refractivity contribution in [1.29, 1.82) is 0 Å². The van der Waals surface area contributed by atoms with Gasteiger partial charge in [-0.2, -0.15) is 0 Å². The van der Waals surface area contributed by atoms with Crippen LogP contribution in [0.25, 0.3) is 10.9 Å². The zero-order valence-corrected chi connectivity index (χ0v) is 18.4. The highest BCUT2D eigenvalue weighted by Crippen LogP contribution is 2.41. The molecule has 1 aromatic carbocycles. The summed E-state index contributed by atoms with van der Waals surface area (Å²) in [6.45, 7) is 3.39. The molecule has 4 rings (SSSR count). The Labute approximate surface area is 188 Å². The Bertz CT molecular complexity index is 1160. The number of nitrogens with one attached hydrogen (secondary N) is 1. The number of halogens is 3. The van der Waals surface area contributed by atoms with Crippen LogP contribution >= 0.6 is 12.4 Å². The van der Waals surface area contributed by atoms with E-state index in [1.807, 2.05) is 13.8 Å². The number of carbonyl (C=O) groups is 1. The first-order valence-corrected chi connectivity index (χ1v) is 10.1. The number of aromatic nitrogens is 1. The van der Waals surface area contributed by atoms with Gasteiger partial charge in [0.15, 0.2) is 11.6 Å². The van der Waals surface area contributed by atoms with E-state index in [9.17, 15) is 19.7 Å². The lowest BCUT2D eigenvalue weighted by Gasteiger charge is -2.38. The maximum absolute atomic E-state index is 15.8. The molecule has 174 valence electrons. The Kier molecular flexibility index (Phi) is 6.43. The predicted octanol–water partition coefficient (Wildman–Crippen LogP) is 2.26. The standard InChI is InChI=1S/C20H23F2N5O4.ClH/c1-9-5-25(6-10(2)24-9)19-15(21)17(23)14-18(16(19)22)26(11-3-4-11)7-12(20(14)29)13(28)8-27(30)31;/h7,9-11,24H,3-6,8,23H2,1-2H3;1H/t9-,10+;. The lowest BCUT2D eigenvalue weighted by Crippen LogP contribution is -2.54. The number of benzene rings is 1. The van der Waals surface area contributed by atoms with Gasteiger partial charge in [-0.15, -0.1) is 12.4 Å². The Morgan fingerprint density at radius 3 is 2.38 bits per heavy atom. The van der Waals surface area contributed by atoms with E-state index in [2.05, 4.69) is 5.32 Å². The summed E-state index contributed by atoms with van der Waals surface area (Å²) in [6, 6.07) is -0.238. The van der Waals surface area contributed by atoms with Crippen LogP contribution in [0.4, 0.5) is 20.2 Å². The highest BCUT2D eigenvalue weighted by atomic mass is 35.5. The molecule has 2 fully saturated rings. The summed E-state index contributed by atoms with van der Waals surface area (Å²) >= 11 is 0. The van der Waals surface area contributed by atoms with Gasteiger partial charge >= 0.3 is 0 Å². The first-order valence-electron chi connectivity index (χ1n) is 10.1. The van der Waals surface area contributed by atoms with E-state index in [0.717, 1.165) is 6.20 Å². The van der Waals surface area contributed by atoms with Crippen LogP contribution in [-0.2, 0) is 0 Å². The molecule has 2 heterocycles. The number of anilines is 2. The van der Waals surface area contributed by atoms with Gasteiger partial charge in [-0.05, 0) is 26.7 Å². The Hall–Kier alpha value is -2.79. The number of nitro groups is 1. The fourth-order valence-electron chi connectivity index (χ4n) is 4.38. The van der Waals surface area contributed by atoms with Crippen LogP contribution in [0.3, 0.4) is 0 Å². The second-order valence-electron chi connectivity index (χ2n) is 8.41. The molecule has 2 atom stereocenters. The quantitative estimate of drug-likeness (QED) is 0.296. The zero-order valence-electron chi connectivity index (χ0n) is 17.6. The van der Waals surface area contributed by atoms with Crippen molar-refractivity contribution < 1.29 is 18.5 Å². The van der Waals surface area contributed by atoms with E-state index in [-0.39, 0.29) is 41.7 Å². The number of nitrogens with two attached hydrogens (primary N) is 1. The van der Waals surface area contributed by atoms with Crippen LogP contribution in [-0.4, -0.2) is 47.0 Å². The molecule has 0 unspecified atom stereocenters. The number of nitrogen functional groups attached to an aromatic ring is 1. The Morgan fingerprint density at radius 2 is 1.84 bits per heavy atom. The number of carbonyl (C=O) groups excluding carboxylic acids is 1. The molecule has 12 heteroatoms. The summed E-state index contributed by atoms with van der Waals surface area (Å²) in [7, 11) is 0. The fraction of sp³-hybridized carbons (Fsp3) is 0.500. The molecule has 9 nitrogen and oxygen atoms in total. The van der Waals surface area contributed by atoms with E-state index in [0.29, 0.717) is 25.9 Å².